The van der Waals surface area contributed by atoms with E-state index in [2.05, 4.69) is 11.1 Å². The number of aliphatic hydroxyl groups is 1. The molecule has 3 nitrogen and oxygen atoms in total. The Kier molecular flexibility index (Phi) is 5.52. The van der Waals surface area contributed by atoms with Crippen molar-refractivity contribution in [2.45, 2.75) is 26.6 Å². The number of aromatic nitrogens is 1. The first kappa shape index (κ1) is 19.4. The average molecular weight is 404 g/mol. The Morgan fingerprint density at radius 2 is 1.69 bits per heavy atom. The predicted octanol–water partition coefficient (Wildman–Crippen LogP) is 6.17. The van der Waals surface area contributed by atoms with Gasteiger partial charge in [-0.1, -0.05) is 71.3 Å². The summed E-state index contributed by atoms with van der Waals surface area (Å²) in [6, 6.07) is 21.7. The topological polar surface area (TPSA) is 42.4 Å². The Morgan fingerprint density at radius 1 is 0.966 bits per heavy atom. The maximum absolute atomic E-state index is 10.9. The number of ether oxygens (including phenoxy) is 1. The zero-order valence-electron chi connectivity index (χ0n) is 16.4. The Morgan fingerprint density at radius 3 is 2.41 bits per heavy atom. The molecule has 0 saturated heterocycles. The second-order valence-corrected chi connectivity index (χ2v) is 7.68. The van der Waals surface area contributed by atoms with Crippen molar-refractivity contribution in [3.05, 3.63) is 106 Å². The van der Waals surface area contributed by atoms with Gasteiger partial charge in [0.25, 0.3) is 0 Å². The number of halogens is 1. The molecule has 29 heavy (non-hydrogen) atoms. The molecular weight excluding hydrogens is 382 g/mol. The highest BCUT2D eigenvalue weighted by Gasteiger charge is 2.17. The molecular formula is C25H22ClNO2. The van der Waals surface area contributed by atoms with E-state index in [0.29, 0.717) is 17.2 Å². The van der Waals surface area contributed by atoms with Gasteiger partial charge in [-0.3, -0.25) is 4.98 Å². The van der Waals surface area contributed by atoms with Gasteiger partial charge in [0.2, 0.25) is 0 Å². The van der Waals surface area contributed by atoms with Crippen molar-refractivity contribution in [2.75, 3.05) is 0 Å². The molecule has 4 heteroatoms. The third-order valence-corrected chi connectivity index (χ3v) is 5.33. The van der Waals surface area contributed by atoms with Crippen LogP contribution in [0.15, 0.2) is 72.9 Å². The van der Waals surface area contributed by atoms with Crippen LogP contribution in [0.25, 0.3) is 10.9 Å². The van der Waals surface area contributed by atoms with E-state index in [4.69, 9.17) is 16.3 Å². The monoisotopic (exact) mass is 403 g/mol. The average Bonchev–Trinajstić information content (AvgIpc) is 2.72. The Bertz CT molecular complexity index is 1140. The molecule has 0 bridgehead atoms. The van der Waals surface area contributed by atoms with Crippen molar-refractivity contribution >= 4 is 22.5 Å². The van der Waals surface area contributed by atoms with Gasteiger partial charge in [-0.2, -0.15) is 0 Å². The standard InChI is InChI=1S/C25H22ClNO2/c1-16-10-17(2)12-19(11-16)25(28)22-14-27-23-13-20(8-9-21(23)24(22)26)29-15-18-6-4-3-5-7-18/h3-14,25,28H,15H2,1-2H3. The lowest BCUT2D eigenvalue weighted by Gasteiger charge is -2.16. The molecule has 0 amide bonds. The van der Waals surface area contributed by atoms with Crippen LogP contribution < -0.4 is 4.74 Å². The maximum Gasteiger partial charge on any atom is 0.122 e. The first-order chi connectivity index (χ1) is 14.0. The summed E-state index contributed by atoms with van der Waals surface area (Å²) >= 11 is 6.65. The number of pyridine rings is 1. The summed E-state index contributed by atoms with van der Waals surface area (Å²) in [7, 11) is 0. The predicted molar refractivity (Wildman–Crippen MR) is 118 cm³/mol. The normalized spacial score (nSPS) is 12.1. The molecule has 0 fully saturated rings. The SMILES string of the molecule is Cc1cc(C)cc(C(O)c2cnc3cc(OCc4ccccc4)ccc3c2Cl)c1. The Balaban J connectivity index is 1.62. The summed E-state index contributed by atoms with van der Waals surface area (Å²) in [6.45, 7) is 4.52. The molecule has 4 aromatic rings. The van der Waals surface area contributed by atoms with Gasteiger partial charge < -0.3 is 9.84 Å². The van der Waals surface area contributed by atoms with E-state index in [1.54, 1.807) is 6.20 Å². The van der Waals surface area contributed by atoms with Crippen LogP contribution in [-0.2, 0) is 6.61 Å². The number of nitrogens with zero attached hydrogens (tertiary/aromatic N) is 1. The van der Waals surface area contributed by atoms with Gasteiger partial charge in [-0.25, -0.2) is 0 Å². The molecule has 3 aromatic carbocycles. The van der Waals surface area contributed by atoms with Gasteiger partial charge in [0.05, 0.1) is 10.5 Å². The minimum Gasteiger partial charge on any atom is -0.489 e. The van der Waals surface area contributed by atoms with Crippen LogP contribution in [0.1, 0.15) is 33.9 Å². The van der Waals surface area contributed by atoms with Gasteiger partial charge in [0.15, 0.2) is 0 Å². The van der Waals surface area contributed by atoms with E-state index >= 15 is 0 Å². The van der Waals surface area contributed by atoms with E-state index < -0.39 is 6.10 Å². The molecule has 0 aliphatic rings. The van der Waals surface area contributed by atoms with Gasteiger partial charge in [-0.05, 0) is 37.1 Å². The smallest absolute Gasteiger partial charge is 0.122 e. The number of fused-ring (bicyclic) bond motifs is 1. The quantitative estimate of drug-likeness (QED) is 0.433. The van der Waals surface area contributed by atoms with Crippen LogP contribution in [0, 0.1) is 13.8 Å². The summed E-state index contributed by atoms with van der Waals surface area (Å²) in [6.07, 6.45) is 0.820. The molecule has 0 aliphatic carbocycles. The lowest BCUT2D eigenvalue weighted by atomic mass is 9.98. The maximum atomic E-state index is 10.9. The first-order valence-electron chi connectivity index (χ1n) is 9.52. The minimum absolute atomic E-state index is 0.490. The first-order valence-corrected chi connectivity index (χ1v) is 9.90. The van der Waals surface area contributed by atoms with Crippen LogP contribution in [0.4, 0.5) is 0 Å². The molecule has 1 atom stereocenters. The minimum atomic E-state index is -0.827. The van der Waals surface area contributed by atoms with E-state index in [1.807, 2.05) is 74.5 Å². The fraction of sp³-hybridized carbons (Fsp3) is 0.160. The molecule has 1 N–H and O–H groups in total. The Labute approximate surface area is 175 Å². The summed E-state index contributed by atoms with van der Waals surface area (Å²) in [5.74, 6) is 0.729. The molecule has 0 saturated carbocycles. The van der Waals surface area contributed by atoms with E-state index in [9.17, 15) is 5.11 Å². The van der Waals surface area contributed by atoms with Gasteiger partial charge in [0.1, 0.15) is 18.5 Å². The highest BCUT2D eigenvalue weighted by Crippen LogP contribution is 2.34. The van der Waals surface area contributed by atoms with E-state index in [-0.39, 0.29) is 0 Å². The van der Waals surface area contributed by atoms with Crippen molar-refractivity contribution in [1.82, 2.24) is 4.98 Å². The fourth-order valence-corrected chi connectivity index (χ4v) is 3.84. The molecule has 0 aliphatic heterocycles. The van der Waals surface area contributed by atoms with Gasteiger partial charge in [-0.15, -0.1) is 0 Å². The van der Waals surface area contributed by atoms with Crippen LogP contribution in [-0.4, -0.2) is 10.1 Å². The zero-order chi connectivity index (χ0) is 20.4. The van der Waals surface area contributed by atoms with Crippen molar-refractivity contribution in [3.63, 3.8) is 0 Å². The van der Waals surface area contributed by atoms with Gasteiger partial charge in [0, 0.05) is 23.2 Å². The fourth-order valence-electron chi connectivity index (χ4n) is 3.52. The second kappa shape index (κ2) is 8.24. The van der Waals surface area contributed by atoms with Crippen LogP contribution in [0.5, 0.6) is 5.75 Å². The van der Waals surface area contributed by atoms with Crippen molar-refractivity contribution < 1.29 is 9.84 Å². The molecule has 146 valence electrons. The number of hydrogen-bond acceptors (Lipinski definition) is 3. The van der Waals surface area contributed by atoms with Crippen molar-refractivity contribution in [1.29, 1.82) is 0 Å². The molecule has 1 heterocycles. The highest BCUT2D eigenvalue weighted by molar-refractivity contribution is 6.36. The third-order valence-electron chi connectivity index (χ3n) is 4.90. The number of benzene rings is 3. The van der Waals surface area contributed by atoms with Crippen LogP contribution in [0.2, 0.25) is 5.02 Å². The van der Waals surface area contributed by atoms with E-state index in [0.717, 1.165) is 38.9 Å². The molecule has 0 radical (unpaired) electrons. The van der Waals surface area contributed by atoms with Crippen molar-refractivity contribution in [2.24, 2.45) is 0 Å². The lowest BCUT2D eigenvalue weighted by Crippen LogP contribution is -2.03. The summed E-state index contributed by atoms with van der Waals surface area (Å²) < 4.78 is 5.88. The number of rotatable bonds is 5. The molecule has 0 spiro atoms. The molecule has 1 unspecified atom stereocenters. The largest absolute Gasteiger partial charge is 0.489 e. The number of aliphatic hydroxyl groups excluding tert-OH is 1. The number of aryl methyl sites for hydroxylation is 2. The Hall–Kier alpha value is -2.88. The number of hydrogen-bond donors (Lipinski definition) is 1. The summed E-state index contributed by atoms with van der Waals surface area (Å²) in [5, 5.41) is 12.2. The van der Waals surface area contributed by atoms with Crippen LogP contribution >= 0.6 is 11.6 Å². The van der Waals surface area contributed by atoms with Crippen LogP contribution in [0.3, 0.4) is 0 Å². The second-order valence-electron chi connectivity index (χ2n) is 7.30. The van der Waals surface area contributed by atoms with Crippen molar-refractivity contribution in [3.8, 4) is 5.75 Å². The zero-order valence-corrected chi connectivity index (χ0v) is 17.1. The summed E-state index contributed by atoms with van der Waals surface area (Å²) in [4.78, 5) is 4.52. The summed E-state index contributed by atoms with van der Waals surface area (Å²) in [5.41, 5.74) is 5.45. The molecule has 1 aromatic heterocycles. The third kappa shape index (κ3) is 4.26. The molecule has 4 rings (SSSR count). The van der Waals surface area contributed by atoms with Gasteiger partial charge >= 0.3 is 0 Å². The highest BCUT2D eigenvalue weighted by atomic mass is 35.5. The van der Waals surface area contributed by atoms with E-state index in [1.165, 1.54) is 0 Å². The lowest BCUT2D eigenvalue weighted by molar-refractivity contribution is 0.220.